The SMILES string of the molecule is CN(C)c1ccc(NC(=O)c2nc(N)n[nH]2)cn1. The normalized spacial score (nSPS) is 10.1. The van der Waals surface area contributed by atoms with E-state index in [-0.39, 0.29) is 11.8 Å². The zero-order chi connectivity index (χ0) is 13.1. The van der Waals surface area contributed by atoms with Crippen molar-refractivity contribution in [3.63, 3.8) is 0 Å². The fraction of sp³-hybridized carbons (Fsp3) is 0.200. The molecule has 0 bridgehead atoms. The molecule has 0 aromatic carbocycles. The van der Waals surface area contributed by atoms with Crippen LogP contribution < -0.4 is 16.0 Å². The molecule has 94 valence electrons. The van der Waals surface area contributed by atoms with Gasteiger partial charge in [-0.2, -0.15) is 4.98 Å². The summed E-state index contributed by atoms with van der Waals surface area (Å²) in [6, 6.07) is 3.55. The lowest BCUT2D eigenvalue weighted by atomic mass is 10.4. The Hall–Kier alpha value is -2.64. The molecule has 2 aromatic rings. The van der Waals surface area contributed by atoms with Crippen LogP contribution in [0.4, 0.5) is 17.5 Å². The first-order valence-electron chi connectivity index (χ1n) is 5.19. The number of rotatable bonds is 3. The Bertz CT molecular complexity index is 546. The predicted octanol–water partition coefficient (Wildman–Crippen LogP) is 0.100. The second-order valence-electron chi connectivity index (χ2n) is 3.80. The summed E-state index contributed by atoms with van der Waals surface area (Å²) in [5.41, 5.74) is 5.88. The molecule has 4 N–H and O–H groups in total. The molecule has 0 aliphatic rings. The number of nitrogens with zero attached hydrogens (tertiary/aromatic N) is 4. The first-order chi connectivity index (χ1) is 8.56. The molecule has 0 unspecified atom stereocenters. The third-order valence-electron chi connectivity index (χ3n) is 2.18. The summed E-state index contributed by atoms with van der Waals surface area (Å²) in [5, 5.41) is 8.63. The Balaban J connectivity index is 2.07. The number of carbonyl (C=O) groups excluding carboxylic acids is 1. The molecular formula is C10H13N7O. The van der Waals surface area contributed by atoms with Crippen LogP contribution in [-0.2, 0) is 0 Å². The largest absolute Gasteiger partial charge is 0.366 e. The molecule has 0 saturated carbocycles. The summed E-state index contributed by atoms with van der Waals surface area (Å²) >= 11 is 0. The molecule has 0 aliphatic heterocycles. The molecule has 0 radical (unpaired) electrons. The van der Waals surface area contributed by atoms with Gasteiger partial charge in [0.25, 0.3) is 5.91 Å². The highest BCUT2D eigenvalue weighted by molar-refractivity contribution is 6.01. The van der Waals surface area contributed by atoms with Crippen LogP contribution in [0.25, 0.3) is 0 Å². The fourth-order valence-corrected chi connectivity index (χ4v) is 1.29. The quantitative estimate of drug-likeness (QED) is 0.709. The smallest absolute Gasteiger partial charge is 0.293 e. The Kier molecular flexibility index (Phi) is 3.09. The van der Waals surface area contributed by atoms with Gasteiger partial charge in [0.15, 0.2) is 0 Å². The van der Waals surface area contributed by atoms with Gasteiger partial charge in [0.2, 0.25) is 11.8 Å². The van der Waals surface area contributed by atoms with Crippen LogP contribution in [0.15, 0.2) is 18.3 Å². The topological polar surface area (TPSA) is 113 Å². The first-order valence-corrected chi connectivity index (χ1v) is 5.19. The van der Waals surface area contributed by atoms with E-state index in [1.54, 1.807) is 18.3 Å². The van der Waals surface area contributed by atoms with Gasteiger partial charge >= 0.3 is 0 Å². The number of amides is 1. The minimum atomic E-state index is -0.418. The second-order valence-corrected chi connectivity index (χ2v) is 3.80. The van der Waals surface area contributed by atoms with Gasteiger partial charge in [-0.25, -0.2) is 4.98 Å². The number of carbonyl (C=O) groups is 1. The van der Waals surface area contributed by atoms with Crippen molar-refractivity contribution in [3.05, 3.63) is 24.2 Å². The number of aromatic amines is 1. The third-order valence-corrected chi connectivity index (χ3v) is 2.18. The number of pyridine rings is 1. The number of hydrogen-bond donors (Lipinski definition) is 3. The highest BCUT2D eigenvalue weighted by Gasteiger charge is 2.11. The molecule has 0 fully saturated rings. The molecule has 2 heterocycles. The Morgan fingerprint density at radius 2 is 2.22 bits per heavy atom. The zero-order valence-corrected chi connectivity index (χ0v) is 10.0. The zero-order valence-electron chi connectivity index (χ0n) is 10.0. The lowest BCUT2D eigenvalue weighted by molar-refractivity contribution is 0.101. The van der Waals surface area contributed by atoms with E-state index in [1.807, 2.05) is 19.0 Å². The van der Waals surface area contributed by atoms with E-state index in [0.29, 0.717) is 5.69 Å². The van der Waals surface area contributed by atoms with E-state index in [2.05, 4.69) is 25.5 Å². The summed E-state index contributed by atoms with van der Waals surface area (Å²) < 4.78 is 0. The van der Waals surface area contributed by atoms with E-state index in [9.17, 15) is 4.79 Å². The standard InChI is InChI=1S/C10H13N7O/c1-17(2)7-4-3-6(5-12-7)13-9(18)8-14-10(11)16-15-8/h3-5H,1-2H3,(H,13,18)(H3,11,14,15,16). The number of nitrogen functional groups attached to an aromatic ring is 1. The van der Waals surface area contributed by atoms with E-state index in [4.69, 9.17) is 5.73 Å². The van der Waals surface area contributed by atoms with Gasteiger partial charge in [0, 0.05) is 14.1 Å². The summed E-state index contributed by atoms with van der Waals surface area (Å²) in [6.45, 7) is 0. The minimum absolute atomic E-state index is 0.0289. The van der Waals surface area contributed by atoms with Crippen molar-refractivity contribution in [1.82, 2.24) is 20.2 Å². The van der Waals surface area contributed by atoms with Gasteiger partial charge in [-0.3, -0.25) is 9.89 Å². The van der Waals surface area contributed by atoms with E-state index in [0.717, 1.165) is 5.82 Å². The lowest BCUT2D eigenvalue weighted by Gasteiger charge is -2.11. The number of hydrogen-bond acceptors (Lipinski definition) is 6. The molecule has 1 amide bonds. The summed E-state index contributed by atoms with van der Waals surface area (Å²) in [5.74, 6) is 0.473. The maximum Gasteiger partial charge on any atom is 0.293 e. The fourth-order valence-electron chi connectivity index (χ4n) is 1.29. The van der Waals surface area contributed by atoms with Crippen molar-refractivity contribution in [2.24, 2.45) is 0 Å². The van der Waals surface area contributed by atoms with E-state index in [1.165, 1.54) is 0 Å². The molecule has 0 saturated heterocycles. The van der Waals surface area contributed by atoms with Crippen molar-refractivity contribution in [2.75, 3.05) is 30.0 Å². The van der Waals surface area contributed by atoms with Crippen LogP contribution in [0.3, 0.4) is 0 Å². The monoisotopic (exact) mass is 247 g/mol. The molecule has 18 heavy (non-hydrogen) atoms. The van der Waals surface area contributed by atoms with Crippen LogP contribution in [0.1, 0.15) is 10.6 Å². The van der Waals surface area contributed by atoms with Crippen molar-refractivity contribution < 1.29 is 4.79 Å². The predicted molar refractivity (Wildman–Crippen MR) is 67.3 cm³/mol. The van der Waals surface area contributed by atoms with Gasteiger partial charge in [0.1, 0.15) is 5.82 Å². The summed E-state index contributed by atoms with van der Waals surface area (Å²) in [6.07, 6.45) is 1.56. The average Bonchev–Trinajstić information content (AvgIpc) is 2.76. The molecule has 2 aromatic heterocycles. The Morgan fingerprint density at radius 3 is 2.72 bits per heavy atom. The van der Waals surface area contributed by atoms with Gasteiger partial charge in [-0.1, -0.05) is 0 Å². The van der Waals surface area contributed by atoms with Crippen LogP contribution in [-0.4, -0.2) is 40.2 Å². The Labute approximate surface area is 103 Å². The summed E-state index contributed by atoms with van der Waals surface area (Å²) in [4.78, 5) is 21.5. The van der Waals surface area contributed by atoms with Crippen LogP contribution in [0.5, 0.6) is 0 Å². The second kappa shape index (κ2) is 4.70. The molecular weight excluding hydrogens is 234 g/mol. The highest BCUT2D eigenvalue weighted by Crippen LogP contribution is 2.12. The Morgan fingerprint density at radius 1 is 1.44 bits per heavy atom. The molecule has 0 atom stereocenters. The lowest BCUT2D eigenvalue weighted by Crippen LogP contribution is -2.15. The number of aromatic nitrogens is 4. The maximum atomic E-state index is 11.7. The van der Waals surface area contributed by atoms with Gasteiger partial charge in [-0.15, -0.1) is 5.10 Å². The molecule has 0 aliphatic carbocycles. The van der Waals surface area contributed by atoms with Crippen LogP contribution >= 0.6 is 0 Å². The maximum absolute atomic E-state index is 11.7. The average molecular weight is 247 g/mol. The summed E-state index contributed by atoms with van der Waals surface area (Å²) in [7, 11) is 3.77. The van der Waals surface area contributed by atoms with Crippen molar-refractivity contribution >= 4 is 23.4 Å². The number of H-pyrrole nitrogens is 1. The third kappa shape index (κ3) is 2.54. The van der Waals surface area contributed by atoms with Crippen LogP contribution in [0, 0.1) is 0 Å². The highest BCUT2D eigenvalue weighted by atomic mass is 16.2. The number of nitrogens with two attached hydrogens (primary N) is 1. The van der Waals surface area contributed by atoms with Gasteiger partial charge in [-0.05, 0) is 12.1 Å². The van der Waals surface area contributed by atoms with E-state index >= 15 is 0 Å². The molecule has 2 rings (SSSR count). The van der Waals surface area contributed by atoms with Gasteiger partial charge < -0.3 is 16.0 Å². The number of anilines is 3. The molecule has 8 heteroatoms. The van der Waals surface area contributed by atoms with Crippen molar-refractivity contribution in [1.29, 1.82) is 0 Å². The van der Waals surface area contributed by atoms with Crippen molar-refractivity contribution in [3.8, 4) is 0 Å². The number of nitrogens with one attached hydrogen (secondary N) is 2. The van der Waals surface area contributed by atoms with Gasteiger partial charge in [0.05, 0.1) is 11.9 Å². The van der Waals surface area contributed by atoms with Crippen molar-refractivity contribution in [2.45, 2.75) is 0 Å². The van der Waals surface area contributed by atoms with E-state index < -0.39 is 5.91 Å². The minimum Gasteiger partial charge on any atom is -0.366 e. The first kappa shape index (κ1) is 11.8. The molecule has 0 spiro atoms. The molecule has 8 nitrogen and oxygen atoms in total. The van der Waals surface area contributed by atoms with Crippen LogP contribution in [0.2, 0.25) is 0 Å².